The van der Waals surface area contributed by atoms with Gasteiger partial charge in [-0.2, -0.15) is 0 Å². The number of aryl methyl sites for hydroxylation is 2. The summed E-state index contributed by atoms with van der Waals surface area (Å²) in [4.78, 5) is 16.4. The van der Waals surface area contributed by atoms with Gasteiger partial charge >= 0.3 is 0 Å². The van der Waals surface area contributed by atoms with Crippen LogP contribution in [0.2, 0.25) is 5.02 Å². The van der Waals surface area contributed by atoms with Crippen molar-refractivity contribution in [2.24, 2.45) is 0 Å². The Morgan fingerprint density at radius 3 is 2.63 bits per heavy atom. The van der Waals surface area contributed by atoms with E-state index in [4.69, 9.17) is 11.6 Å². The van der Waals surface area contributed by atoms with Gasteiger partial charge in [0, 0.05) is 14.8 Å². The summed E-state index contributed by atoms with van der Waals surface area (Å²) in [5.74, 6) is 0.341. The van der Waals surface area contributed by atoms with Crippen LogP contribution in [0, 0.1) is 17.4 Å². The summed E-state index contributed by atoms with van der Waals surface area (Å²) in [6.45, 7) is 3.86. The molecule has 5 heteroatoms. The van der Waals surface area contributed by atoms with Gasteiger partial charge in [0.2, 0.25) is 0 Å². The fourth-order valence-corrected chi connectivity index (χ4v) is 2.25. The van der Waals surface area contributed by atoms with Crippen molar-refractivity contribution in [2.45, 2.75) is 13.8 Å². The number of aromatic nitrogens is 1. The van der Waals surface area contributed by atoms with Crippen molar-refractivity contribution in [1.29, 1.82) is 0 Å². The first-order chi connectivity index (χ1) is 8.95. The second-order valence-corrected chi connectivity index (χ2v) is 5.82. The molecule has 0 fully saturated rings. The van der Waals surface area contributed by atoms with Gasteiger partial charge in [-0.1, -0.05) is 11.6 Å². The Morgan fingerprint density at radius 2 is 2.00 bits per heavy atom. The number of nitrogens with zero attached hydrogens (tertiary/aromatic N) is 1. The summed E-state index contributed by atoms with van der Waals surface area (Å²) < 4.78 is 0.917. The Bertz CT molecular complexity index is 623. The van der Waals surface area contributed by atoms with Gasteiger partial charge in [-0.3, -0.25) is 4.79 Å². The lowest BCUT2D eigenvalue weighted by atomic mass is 10.2. The highest BCUT2D eigenvalue weighted by Gasteiger charge is 2.09. The Morgan fingerprint density at radius 1 is 1.26 bits per heavy atom. The quantitative estimate of drug-likeness (QED) is 0.786. The number of benzene rings is 1. The van der Waals surface area contributed by atoms with E-state index in [2.05, 4.69) is 32.9 Å². The second-order valence-electron chi connectivity index (χ2n) is 4.25. The lowest BCUT2D eigenvalue weighted by Gasteiger charge is -2.07. The van der Waals surface area contributed by atoms with Gasteiger partial charge in [-0.05, 0) is 72.3 Å². The van der Waals surface area contributed by atoms with Crippen molar-refractivity contribution < 1.29 is 4.79 Å². The van der Waals surface area contributed by atoms with Crippen LogP contribution in [0.4, 0.5) is 5.82 Å². The van der Waals surface area contributed by atoms with Gasteiger partial charge in [0.15, 0.2) is 0 Å². The van der Waals surface area contributed by atoms with Crippen molar-refractivity contribution in [3.63, 3.8) is 0 Å². The van der Waals surface area contributed by atoms with Crippen LogP contribution < -0.4 is 5.32 Å². The molecule has 98 valence electrons. The number of carbonyl (C=O) groups excluding carboxylic acids is 1. The number of hydrogen-bond donors (Lipinski definition) is 1. The first-order valence-electron chi connectivity index (χ1n) is 5.67. The third-order valence-electron chi connectivity index (χ3n) is 2.52. The third-order valence-corrected chi connectivity index (χ3v) is 4.09. The minimum Gasteiger partial charge on any atom is -0.307 e. The van der Waals surface area contributed by atoms with E-state index in [1.165, 1.54) is 0 Å². The predicted molar refractivity (Wildman–Crippen MR) is 85.8 cm³/mol. The molecule has 0 aliphatic heterocycles. The molecular formula is C14H12ClIN2O. The van der Waals surface area contributed by atoms with E-state index in [0.29, 0.717) is 16.4 Å². The van der Waals surface area contributed by atoms with Crippen LogP contribution in [0.1, 0.15) is 21.6 Å². The third kappa shape index (κ3) is 3.67. The lowest BCUT2D eigenvalue weighted by molar-refractivity contribution is 0.102. The topological polar surface area (TPSA) is 42.0 Å². The lowest BCUT2D eigenvalue weighted by Crippen LogP contribution is -2.13. The summed E-state index contributed by atoms with van der Waals surface area (Å²) in [5, 5.41) is 3.35. The zero-order valence-corrected chi connectivity index (χ0v) is 13.4. The van der Waals surface area contributed by atoms with Gasteiger partial charge in [-0.25, -0.2) is 4.98 Å². The highest BCUT2D eigenvalue weighted by atomic mass is 127. The molecule has 0 saturated carbocycles. The van der Waals surface area contributed by atoms with Gasteiger partial charge in [0.25, 0.3) is 5.91 Å². The van der Waals surface area contributed by atoms with Gasteiger partial charge in [0.05, 0.1) is 5.02 Å². The Kier molecular flexibility index (Phi) is 4.42. The van der Waals surface area contributed by atoms with Crippen LogP contribution in [0.5, 0.6) is 0 Å². The van der Waals surface area contributed by atoms with E-state index >= 15 is 0 Å². The number of carbonyl (C=O) groups is 1. The average Bonchev–Trinajstić information content (AvgIpc) is 2.31. The monoisotopic (exact) mass is 386 g/mol. The molecule has 3 nitrogen and oxygen atoms in total. The van der Waals surface area contributed by atoms with Gasteiger partial charge in [0.1, 0.15) is 5.82 Å². The van der Waals surface area contributed by atoms with Gasteiger partial charge in [-0.15, -0.1) is 0 Å². The van der Waals surface area contributed by atoms with Crippen LogP contribution in [0.25, 0.3) is 0 Å². The zero-order valence-electron chi connectivity index (χ0n) is 10.5. The molecule has 2 rings (SSSR count). The minimum atomic E-state index is -0.212. The molecule has 0 radical (unpaired) electrons. The summed E-state index contributed by atoms with van der Waals surface area (Å²) >= 11 is 8.13. The molecule has 0 spiro atoms. The molecule has 19 heavy (non-hydrogen) atoms. The van der Waals surface area contributed by atoms with Crippen molar-refractivity contribution >= 4 is 45.9 Å². The largest absolute Gasteiger partial charge is 0.307 e. The summed E-state index contributed by atoms with van der Waals surface area (Å²) in [7, 11) is 0. The van der Waals surface area contributed by atoms with E-state index in [9.17, 15) is 4.79 Å². The maximum absolute atomic E-state index is 12.1. The fourth-order valence-electron chi connectivity index (χ4n) is 1.73. The molecule has 0 bridgehead atoms. The Hall–Kier alpha value is -1.14. The fraction of sp³-hybridized carbons (Fsp3) is 0.143. The number of hydrogen-bond acceptors (Lipinski definition) is 2. The molecule has 0 aliphatic rings. The molecular weight excluding hydrogens is 375 g/mol. The number of pyridine rings is 1. The molecule has 1 aromatic carbocycles. The van der Waals surface area contributed by atoms with Crippen LogP contribution in [-0.4, -0.2) is 10.9 Å². The standard InChI is InChI=1S/C14H12ClIN2O/c1-8-5-9(2)17-13(6-8)18-14(19)10-3-4-12(16)11(15)7-10/h3-7H,1-2H3,(H,17,18,19). The van der Waals surface area contributed by atoms with Crippen LogP contribution in [-0.2, 0) is 0 Å². The van der Waals surface area contributed by atoms with Crippen molar-refractivity contribution in [2.75, 3.05) is 5.32 Å². The van der Waals surface area contributed by atoms with Crippen LogP contribution in [0.3, 0.4) is 0 Å². The molecule has 1 N–H and O–H groups in total. The first kappa shape index (κ1) is 14.3. The van der Waals surface area contributed by atoms with E-state index in [1.54, 1.807) is 12.1 Å². The highest BCUT2D eigenvalue weighted by molar-refractivity contribution is 14.1. The Labute approximate surface area is 130 Å². The molecule has 1 amide bonds. The minimum absolute atomic E-state index is 0.212. The Balaban J connectivity index is 2.22. The van der Waals surface area contributed by atoms with Crippen LogP contribution in [0.15, 0.2) is 30.3 Å². The maximum Gasteiger partial charge on any atom is 0.256 e. The normalized spacial score (nSPS) is 10.3. The average molecular weight is 387 g/mol. The molecule has 2 aromatic rings. The predicted octanol–water partition coefficient (Wildman–Crippen LogP) is 4.21. The van der Waals surface area contributed by atoms with E-state index in [0.717, 1.165) is 14.8 Å². The number of rotatable bonds is 2. The molecule has 1 heterocycles. The van der Waals surface area contributed by atoms with Crippen molar-refractivity contribution in [1.82, 2.24) is 4.98 Å². The van der Waals surface area contributed by atoms with E-state index < -0.39 is 0 Å². The SMILES string of the molecule is Cc1cc(C)nc(NC(=O)c2ccc(I)c(Cl)c2)c1. The molecule has 0 unspecified atom stereocenters. The second kappa shape index (κ2) is 5.88. The smallest absolute Gasteiger partial charge is 0.256 e. The van der Waals surface area contributed by atoms with Crippen molar-refractivity contribution in [3.8, 4) is 0 Å². The molecule has 0 aliphatic carbocycles. The molecule has 0 saturated heterocycles. The molecule has 1 aromatic heterocycles. The highest BCUT2D eigenvalue weighted by Crippen LogP contribution is 2.20. The van der Waals surface area contributed by atoms with E-state index in [1.807, 2.05) is 32.0 Å². The first-order valence-corrected chi connectivity index (χ1v) is 7.13. The number of amides is 1. The molecule has 0 atom stereocenters. The maximum atomic E-state index is 12.1. The van der Waals surface area contributed by atoms with Crippen LogP contribution >= 0.6 is 34.2 Å². The summed E-state index contributed by atoms with van der Waals surface area (Å²) in [5.41, 5.74) is 2.45. The zero-order chi connectivity index (χ0) is 14.0. The summed E-state index contributed by atoms with van der Waals surface area (Å²) in [6.07, 6.45) is 0. The summed E-state index contributed by atoms with van der Waals surface area (Å²) in [6, 6.07) is 9.00. The number of halogens is 2. The number of anilines is 1. The number of nitrogens with one attached hydrogen (secondary N) is 1. The van der Waals surface area contributed by atoms with Crippen molar-refractivity contribution in [3.05, 3.63) is 55.7 Å². The van der Waals surface area contributed by atoms with E-state index in [-0.39, 0.29) is 5.91 Å². The van der Waals surface area contributed by atoms with Gasteiger partial charge < -0.3 is 5.32 Å².